The molecule has 19 heavy (non-hydrogen) atoms. The predicted molar refractivity (Wildman–Crippen MR) is 74.4 cm³/mol. The molecule has 0 bridgehead atoms. The second-order valence-corrected chi connectivity index (χ2v) is 4.53. The molecule has 0 atom stereocenters. The van der Waals surface area contributed by atoms with E-state index in [1.807, 2.05) is 13.0 Å². The maximum absolute atomic E-state index is 11.4. The first kappa shape index (κ1) is 13.7. The van der Waals surface area contributed by atoms with Gasteiger partial charge in [0.25, 0.3) is 0 Å². The Labute approximate surface area is 116 Å². The first-order valence-corrected chi connectivity index (χ1v) is 6.62. The van der Waals surface area contributed by atoms with Crippen LogP contribution in [0.5, 0.6) is 0 Å². The number of aromatic nitrogens is 1. The third-order valence-electron chi connectivity index (χ3n) is 2.74. The van der Waals surface area contributed by atoms with Gasteiger partial charge < -0.3 is 15.1 Å². The van der Waals surface area contributed by atoms with Crippen LogP contribution in [0.25, 0.3) is 11.0 Å². The number of hydrogen-bond donors (Lipinski definition) is 2. The summed E-state index contributed by atoms with van der Waals surface area (Å²) in [4.78, 5) is 15.3. The number of pyridine rings is 1. The lowest BCUT2D eigenvalue weighted by molar-refractivity contribution is 0.241. The number of furan rings is 1. The second-order valence-electron chi connectivity index (χ2n) is 4.17. The molecule has 2 rings (SSSR count). The van der Waals surface area contributed by atoms with Crippen molar-refractivity contribution in [3.8, 4) is 0 Å². The number of fused-ring (bicyclic) bond motifs is 1. The normalized spacial score (nSPS) is 10.6. The summed E-state index contributed by atoms with van der Waals surface area (Å²) in [7, 11) is 0. The molecule has 0 aromatic carbocycles. The van der Waals surface area contributed by atoms with Gasteiger partial charge in [0.05, 0.1) is 6.26 Å². The zero-order valence-corrected chi connectivity index (χ0v) is 11.5. The monoisotopic (exact) mass is 281 g/mol. The number of carbonyl (C=O) groups is 1. The molecule has 0 aliphatic carbocycles. The molecule has 2 amide bonds. The van der Waals surface area contributed by atoms with E-state index in [0.29, 0.717) is 30.2 Å². The maximum Gasteiger partial charge on any atom is 0.314 e. The number of halogens is 1. The quantitative estimate of drug-likeness (QED) is 0.828. The van der Waals surface area contributed by atoms with Crippen LogP contribution in [0.3, 0.4) is 0 Å². The van der Waals surface area contributed by atoms with E-state index in [1.165, 1.54) is 0 Å². The van der Waals surface area contributed by atoms with Crippen molar-refractivity contribution in [1.29, 1.82) is 0 Å². The van der Waals surface area contributed by atoms with E-state index in [1.54, 1.807) is 12.5 Å². The van der Waals surface area contributed by atoms with Crippen molar-refractivity contribution in [3.05, 3.63) is 29.2 Å². The summed E-state index contributed by atoms with van der Waals surface area (Å²) >= 11 is 5.93. The van der Waals surface area contributed by atoms with Crippen LogP contribution in [-0.2, 0) is 6.42 Å². The van der Waals surface area contributed by atoms with E-state index in [0.717, 1.165) is 17.4 Å². The van der Waals surface area contributed by atoms with Crippen LogP contribution < -0.4 is 10.6 Å². The van der Waals surface area contributed by atoms with Crippen LogP contribution in [0.15, 0.2) is 22.9 Å². The summed E-state index contributed by atoms with van der Waals surface area (Å²) in [5, 5.41) is 6.85. The van der Waals surface area contributed by atoms with Crippen molar-refractivity contribution < 1.29 is 9.21 Å². The van der Waals surface area contributed by atoms with Crippen LogP contribution in [-0.4, -0.2) is 24.1 Å². The molecule has 2 aromatic rings. The molecule has 0 saturated heterocycles. The number of hydrogen-bond acceptors (Lipinski definition) is 3. The molecule has 0 unspecified atom stereocenters. The van der Waals surface area contributed by atoms with E-state index < -0.39 is 0 Å². The molecule has 5 nitrogen and oxygen atoms in total. The van der Waals surface area contributed by atoms with Crippen LogP contribution in [0.4, 0.5) is 4.79 Å². The Balaban J connectivity index is 1.92. The first-order valence-electron chi connectivity index (χ1n) is 6.24. The lowest BCUT2D eigenvalue weighted by atomic mass is 10.1. The van der Waals surface area contributed by atoms with Gasteiger partial charge in [-0.15, -0.1) is 0 Å². The zero-order chi connectivity index (χ0) is 13.7. The Morgan fingerprint density at radius 2 is 2.21 bits per heavy atom. The summed E-state index contributed by atoms with van der Waals surface area (Å²) in [5.74, 6) is 0. The van der Waals surface area contributed by atoms with Gasteiger partial charge in [-0.25, -0.2) is 9.78 Å². The topological polar surface area (TPSA) is 67.2 Å². The largest absolute Gasteiger partial charge is 0.461 e. The number of nitrogens with one attached hydrogen (secondary N) is 2. The standard InChI is InChI=1S/C13H16ClN3O2/c1-2-5-16-13(18)17-6-3-9-8-19-11-10(9)4-7-15-12(11)14/h4,7-8H,2-3,5-6H2,1H3,(H2,16,17,18). The highest BCUT2D eigenvalue weighted by Crippen LogP contribution is 2.25. The summed E-state index contributed by atoms with van der Waals surface area (Å²) in [6.07, 6.45) is 4.91. The molecule has 0 fully saturated rings. The van der Waals surface area contributed by atoms with Crippen molar-refractivity contribution >= 4 is 28.6 Å². The van der Waals surface area contributed by atoms with E-state index >= 15 is 0 Å². The molecule has 2 N–H and O–H groups in total. The average Bonchev–Trinajstić information content (AvgIpc) is 2.81. The highest BCUT2D eigenvalue weighted by Gasteiger charge is 2.09. The molecular formula is C13H16ClN3O2. The molecule has 6 heteroatoms. The maximum atomic E-state index is 11.4. The predicted octanol–water partition coefficient (Wildman–Crippen LogP) is 2.73. The van der Waals surface area contributed by atoms with Gasteiger partial charge in [0.2, 0.25) is 0 Å². The van der Waals surface area contributed by atoms with Gasteiger partial charge >= 0.3 is 6.03 Å². The van der Waals surface area contributed by atoms with Gasteiger partial charge in [-0.2, -0.15) is 0 Å². The van der Waals surface area contributed by atoms with Crippen LogP contribution in [0.1, 0.15) is 18.9 Å². The molecule has 102 valence electrons. The van der Waals surface area contributed by atoms with Crippen LogP contribution in [0, 0.1) is 0 Å². The van der Waals surface area contributed by atoms with Crippen molar-refractivity contribution in [2.75, 3.05) is 13.1 Å². The van der Waals surface area contributed by atoms with Gasteiger partial charge in [-0.3, -0.25) is 0 Å². The van der Waals surface area contributed by atoms with E-state index in [2.05, 4.69) is 15.6 Å². The van der Waals surface area contributed by atoms with Gasteiger partial charge in [-0.05, 0) is 18.9 Å². The van der Waals surface area contributed by atoms with Crippen LogP contribution in [0.2, 0.25) is 5.15 Å². The third-order valence-corrected chi connectivity index (χ3v) is 3.01. The number of rotatable bonds is 5. The number of nitrogens with zero attached hydrogens (tertiary/aromatic N) is 1. The zero-order valence-electron chi connectivity index (χ0n) is 10.7. The summed E-state index contributed by atoms with van der Waals surface area (Å²) in [6, 6.07) is 1.71. The number of urea groups is 1. The SMILES string of the molecule is CCCNC(=O)NCCc1coc2c(Cl)nccc12. The van der Waals surface area contributed by atoms with E-state index in [9.17, 15) is 4.79 Å². The lowest BCUT2D eigenvalue weighted by Crippen LogP contribution is -2.36. The van der Waals surface area contributed by atoms with Crippen molar-refractivity contribution in [2.24, 2.45) is 0 Å². The Morgan fingerprint density at radius 1 is 1.42 bits per heavy atom. The molecule has 0 aliphatic heterocycles. The average molecular weight is 282 g/mol. The summed E-state index contributed by atoms with van der Waals surface area (Å²) in [5.41, 5.74) is 1.60. The lowest BCUT2D eigenvalue weighted by Gasteiger charge is -2.05. The molecule has 0 saturated carbocycles. The van der Waals surface area contributed by atoms with Gasteiger partial charge in [-0.1, -0.05) is 18.5 Å². The fourth-order valence-corrected chi connectivity index (χ4v) is 1.99. The van der Waals surface area contributed by atoms with Crippen molar-refractivity contribution in [1.82, 2.24) is 15.6 Å². The summed E-state index contributed by atoms with van der Waals surface area (Å²) < 4.78 is 5.38. The number of amides is 2. The van der Waals surface area contributed by atoms with Gasteiger partial charge in [0, 0.05) is 30.2 Å². The van der Waals surface area contributed by atoms with Gasteiger partial charge in [0.15, 0.2) is 10.7 Å². The molecule has 2 heterocycles. The van der Waals surface area contributed by atoms with Crippen LogP contribution >= 0.6 is 11.6 Å². The highest BCUT2D eigenvalue weighted by molar-refractivity contribution is 6.33. The molecule has 0 radical (unpaired) electrons. The Kier molecular flexibility index (Phi) is 4.63. The number of carbonyl (C=O) groups excluding carboxylic acids is 1. The molecule has 2 aromatic heterocycles. The Morgan fingerprint density at radius 3 is 3.00 bits per heavy atom. The van der Waals surface area contributed by atoms with Crippen molar-refractivity contribution in [3.63, 3.8) is 0 Å². The first-order chi connectivity index (χ1) is 9.22. The summed E-state index contributed by atoms with van der Waals surface area (Å²) in [6.45, 7) is 3.24. The minimum absolute atomic E-state index is 0.144. The van der Waals surface area contributed by atoms with E-state index in [-0.39, 0.29) is 6.03 Å². The fourth-order valence-electron chi connectivity index (χ4n) is 1.79. The Bertz CT molecular complexity index is 568. The fraction of sp³-hybridized carbons (Fsp3) is 0.385. The van der Waals surface area contributed by atoms with E-state index in [4.69, 9.17) is 16.0 Å². The molecule has 0 aliphatic rings. The Hall–Kier alpha value is -1.75. The van der Waals surface area contributed by atoms with Gasteiger partial charge in [0.1, 0.15) is 0 Å². The minimum atomic E-state index is -0.144. The smallest absolute Gasteiger partial charge is 0.314 e. The minimum Gasteiger partial charge on any atom is -0.461 e. The molecule has 0 spiro atoms. The third kappa shape index (κ3) is 3.38. The highest BCUT2D eigenvalue weighted by atomic mass is 35.5. The van der Waals surface area contributed by atoms with Crippen molar-refractivity contribution in [2.45, 2.75) is 19.8 Å². The second kappa shape index (κ2) is 6.43. The molecular weight excluding hydrogens is 266 g/mol.